The third kappa shape index (κ3) is 3.25. The second-order valence-electron chi connectivity index (χ2n) is 4.57. The molecule has 0 aromatic heterocycles. The van der Waals surface area contributed by atoms with Crippen LogP contribution in [-0.4, -0.2) is 16.6 Å². The molecule has 1 N–H and O–H groups in total. The number of nitro groups is 1. The van der Waals surface area contributed by atoms with Crippen molar-refractivity contribution >= 4 is 18.4 Å². The molecule has 0 aliphatic rings. The summed E-state index contributed by atoms with van der Waals surface area (Å²) in [5, 5.41) is 21.6. The quantitative estimate of drug-likeness (QED) is 0.501. The summed E-state index contributed by atoms with van der Waals surface area (Å²) in [6.45, 7) is 1.87. The molecule has 2 aromatic rings. The predicted molar refractivity (Wildman–Crippen MR) is 83.4 cm³/mol. The maximum atomic E-state index is 13.1. The van der Waals surface area contributed by atoms with Crippen molar-refractivity contribution in [3.63, 3.8) is 0 Å². The topological polar surface area (TPSA) is 89.7 Å². The van der Waals surface area contributed by atoms with E-state index in [2.05, 4.69) is 0 Å². The first-order valence-corrected chi connectivity index (χ1v) is 8.40. The molecule has 0 aliphatic heterocycles. The van der Waals surface area contributed by atoms with Crippen LogP contribution in [0.1, 0.15) is 18.3 Å². The Morgan fingerprint density at radius 2 is 1.77 bits per heavy atom. The molecule has 2 rings (SSSR count). The molecule has 22 heavy (non-hydrogen) atoms. The van der Waals surface area contributed by atoms with Gasteiger partial charge in [0.2, 0.25) is 0 Å². The number of aliphatic hydroxyl groups is 1. The molecule has 0 saturated carbocycles. The van der Waals surface area contributed by atoms with E-state index < -0.39 is 18.1 Å². The minimum atomic E-state index is -3.54. The van der Waals surface area contributed by atoms with E-state index in [1.54, 1.807) is 37.3 Å². The van der Waals surface area contributed by atoms with E-state index >= 15 is 0 Å². The molecule has 0 fully saturated rings. The van der Waals surface area contributed by atoms with Gasteiger partial charge in [0.15, 0.2) is 5.85 Å². The molecule has 2 aromatic carbocycles. The van der Waals surface area contributed by atoms with Gasteiger partial charge in [-0.05, 0) is 36.8 Å². The molecule has 0 bridgehead atoms. The van der Waals surface area contributed by atoms with Crippen LogP contribution in [0.4, 0.5) is 5.69 Å². The highest BCUT2D eigenvalue weighted by Crippen LogP contribution is 2.57. The van der Waals surface area contributed by atoms with Crippen molar-refractivity contribution in [3.8, 4) is 0 Å². The Kier molecular flexibility index (Phi) is 5.08. The van der Waals surface area contributed by atoms with Crippen molar-refractivity contribution in [2.75, 3.05) is 6.61 Å². The highest BCUT2D eigenvalue weighted by molar-refractivity contribution is 7.67. The summed E-state index contributed by atoms with van der Waals surface area (Å²) in [6, 6.07) is 13.8. The Morgan fingerprint density at radius 3 is 2.27 bits per heavy atom. The molecule has 0 saturated heterocycles. The van der Waals surface area contributed by atoms with Crippen molar-refractivity contribution in [2.24, 2.45) is 0 Å². The van der Waals surface area contributed by atoms with E-state index in [1.807, 2.05) is 0 Å². The van der Waals surface area contributed by atoms with Gasteiger partial charge >= 0.3 is 0 Å². The van der Waals surface area contributed by atoms with Gasteiger partial charge in [0.1, 0.15) is 0 Å². The lowest BCUT2D eigenvalue weighted by Crippen LogP contribution is -2.14. The molecular formula is C15H16NO5P. The smallest absolute Gasteiger partial charge is 0.269 e. The average Bonchev–Trinajstić information content (AvgIpc) is 2.55. The van der Waals surface area contributed by atoms with E-state index in [1.165, 1.54) is 24.3 Å². The zero-order valence-corrected chi connectivity index (χ0v) is 12.8. The fraction of sp³-hybridized carbons (Fsp3) is 0.200. The number of benzene rings is 2. The van der Waals surface area contributed by atoms with Crippen LogP contribution in [0.3, 0.4) is 0 Å². The van der Waals surface area contributed by atoms with Gasteiger partial charge in [0.25, 0.3) is 13.1 Å². The minimum absolute atomic E-state index is 0.0955. The summed E-state index contributed by atoms with van der Waals surface area (Å²) in [5.41, 5.74) is 0.216. The first-order chi connectivity index (χ1) is 10.5. The van der Waals surface area contributed by atoms with E-state index in [4.69, 9.17) is 4.52 Å². The Balaban J connectivity index is 2.40. The lowest BCUT2D eigenvalue weighted by Gasteiger charge is -2.23. The van der Waals surface area contributed by atoms with Crippen LogP contribution in [-0.2, 0) is 9.09 Å². The first-order valence-electron chi connectivity index (χ1n) is 6.71. The van der Waals surface area contributed by atoms with E-state index in [0.717, 1.165) is 0 Å². The fourth-order valence-corrected chi connectivity index (χ4v) is 4.19. The Labute approximate surface area is 128 Å². The van der Waals surface area contributed by atoms with Crippen LogP contribution in [0.25, 0.3) is 0 Å². The van der Waals surface area contributed by atoms with Crippen LogP contribution < -0.4 is 5.30 Å². The van der Waals surface area contributed by atoms with Crippen LogP contribution >= 0.6 is 7.37 Å². The molecule has 0 spiro atoms. The van der Waals surface area contributed by atoms with Gasteiger partial charge in [-0.1, -0.05) is 18.2 Å². The number of non-ortho nitro benzene ring substituents is 1. The fourth-order valence-electron chi connectivity index (χ4n) is 2.08. The highest BCUT2D eigenvalue weighted by atomic mass is 31.2. The molecule has 0 radical (unpaired) electrons. The largest absolute Gasteiger partial charge is 0.378 e. The lowest BCUT2D eigenvalue weighted by molar-refractivity contribution is -0.384. The SMILES string of the molecule is CCO[P@@](=O)(c1ccccc1)[C@@H](O)c1ccc([N+](=O)[O-])cc1. The normalized spacial score (nSPS) is 15.0. The molecule has 6 nitrogen and oxygen atoms in total. The third-order valence-corrected chi connectivity index (χ3v) is 5.76. The van der Waals surface area contributed by atoms with Crippen molar-refractivity contribution in [1.82, 2.24) is 0 Å². The van der Waals surface area contributed by atoms with Gasteiger partial charge < -0.3 is 9.63 Å². The molecule has 0 aliphatic carbocycles. The number of aliphatic hydroxyl groups excluding tert-OH is 1. The van der Waals surface area contributed by atoms with Crippen molar-refractivity contribution < 1.29 is 19.1 Å². The standard InChI is InChI=1S/C15H16NO5P/c1-2-21-22(20,14-6-4-3-5-7-14)15(17)12-8-10-13(11-9-12)16(18)19/h3-11,15,17H,2H2,1H3/t15-,22+/m1/s1. The maximum Gasteiger partial charge on any atom is 0.269 e. The zero-order valence-electron chi connectivity index (χ0n) is 12.0. The van der Waals surface area contributed by atoms with E-state index in [0.29, 0.717) is 10.9 Å². The Hall–Kier alpha value is -2.01. The van der Waals surface area contributed by atoms with Gasteiger partial charge in [-0.15, -0.1) is 0 Å². The third-order valence-electron chi connectivity index (χ3n) is 3.16. The summed E-state index contributed by atoms with van der Waals surface area (Å²) in [4.78, 5) is 10.1. The number of nitro benzene ring substituents is 1. The summed E-state index contributed by atoms with van der Waals surface area (Å²) < 4.78 is 18.5. The van der Waals surface area contributed by atoms with Gasteiger partial charge in [-0.25, -0.2) is 0 Å². The monoisotopic (exact) mass is 321 g/mol. The van der Waals surface area contributed by atoms with Gasteiger partial charge in [0, 0.05) is 17.4 Å². The second kappa shape index (κ2) is 6.83. The van der Waals surface area contributed by atoms with Crippen molar-refractivity contribution in [2.45, 2.75) is 12.8 Å². The summed E-state index contributed by atoms with van der Waals surface area (Å²) >= 11 is 0. The molecule has 2 atom stereocenters. The summed E-state index contributed by atoms with van der Waals surface area (Å²) in [7, 11) is -3.54. The maximum absolute atomic E-state index is 13.1. The molecule has 7 heteroatoms. The molecule has 0 amide bonds. The summed E-state index contributed by atoms with van der Waals surface area (Å²) in [6.07, 6.45) is 0. The molecule has 0 heterocycles. The highest BCUT2D eigenvalue weighted by Gasteiger charge is 2.36. The second-order valence-corrected chi connectivity index (χ2v) is 7.03. The van der Waals surface area contributed by atoms with Crippen LogP contribution in [0.15, 0.2) is 54.6 Å². The van der Waals surface area contributed by atoms with Gasteiger partial charge in [0.05, 0.1) is 11.5 Å². The zero-order chi connectivity index (χ0) is 16.2. The first kappa shape index (κ1) is 16.4. The number of hydrogen-bond donors (Lipinski definition) is 1. The molecule has 116 valence electrons. The minimum Gasteiger partial charge on any atom is -0.378 e. The average molecular weight is 321 g/mol. The van der Waals surface area contributed by atoms with Crippen molar-refractivity contribution in [3.05, 3.63) is 70.3 Å². The molecular weight excluding hydrogens is 305 g/mol. The number of rotatable bonds is 6. The lowest BCUT2D eigenvalue weighted by atomic mass is 10.2. The van der Waals surface area contributed by atoms with E-state index in [-0.39, 0.29) is 12.3 Å². The molecule has 0 unspecified atom stereocenters. The van der Waals surface area contributed by atoms with Crippen LogP contribution in [0, 0.1) is 10.1 Å². The van der Waals surface area contributed by atoms with Gasteiger partial charge in [-0.2, -0.15) is 0 Å². The van der Waals surface area contributed by atoms with E-state index in [9.17, 15) is 19.8 Å². The van der Waals surface area contributed by atoms with Gasteiger partial charge in [-0.3, -0.25) is 14.7 Å². The van der Waals surface area contributed by atoms with Crippen molar-refractivity contribution in [1.29, 1.82) is 0 Å². The van der Waals surface area contributed by atoms with Crippen LogP contribution in [0.2, 0.25) is 0 Å². The predicted octanol–water partition coefficient (Wildman–Crippen LogP) is 3.23. The Morgan fingerprint density at radius 1 is 1.18 bits per heavy atom. The Bertz CT molecular complexity index is 687. The number of hydrogen-bond acceptors (Lipinski definition) is 5. The number of nitrogens with zero attached hydrogens (tertiary/aromatic N) is 1. The summed E-state index contributed by atoms with van der Waals surface area (Å²) in [5.74, 6) is -1.38. The van der Waals surface area contributed by atoms with Crippen LogP contribution in [0.5, 0.6) is 0 Å².